The highest BCUT2D eigenvalue weighted by Crippen LogP contribution is 2.24. The predicted molar refractivity (Wildman–Crippen MR) is 159 cm³/mol. The van der Waals surface area contributed by atoms with E-state index in [1.807, 2.05) is 90.5 Å². The Morgan fingerprint density at radius 3 is 1.90 bits per heavy atom. The van der Waals surface area contributed by atoms with E-state index >= 15 is 0 Å². The van der Waals surface area contributed by atoms with Crippen LogP contribution >= 0.6 is 0 Å². The number of ketones is 2. The van der Waals surface area contributed by atoms with Crippen molar-refractivity contribution in [1.29, 1.82) is 0 Å². The molecule has 1 aliphatic heterocycles. The van der Waals surface area contributed by atoms with Crippen LogP contribution in [0.5, 0.6) is 0 Å². The third-order valence-corrected chi connectivity index (χ3v) is 7.72. The second-order valence-corrected chi connectivity index (χ2v) is 10.6. The summed E-state index contributed by atoms with van der Waals surface area (Å²) < 4.78 is 1.97. The monoisotopic (exact) mass is 519 g/mol. The summed E-state index contributed by atoms with van der Waals surface area (Å²) in [6, 6.07) is 27.9. The quantitative estimate of drug-likeness (QED) is 0.223. The Labute approximate surface area is 231 Å². The van der Waals surface area contributed by atoms with Gasteiger partial charge < -0.3 is 14.8 Å². The fraction of sp³-hybridized carbons (Fsp3) is 0.294. The van der Waals surface area contributed by atoms with Gasteiger partial charge in [-0.05, 0) is 97.5 Å². The first-order chi connectivity index (χ1) is 19.0. The van der Waals surface area contributed by atoms with Crippen molar-refractivity contribution < 1.29 is 9.59 Å². The van der Waals surface area contributed by atoms with Gasteiger partial charge >= 0.3 is 0 Å². The number of hydrogen-bond donors (Lipinski definition) is 1. The summed E-state index contributed by atoms with van der Waals surface area (Å²) in [5, 5.41) is 3.40. The Morgan fingerprint density at radius 1 is 0.769 bits per heavy atom. The minimum absolute atomic E-state index is 0.125. The molecule has 0 saturated carbocycles. The van der Waals surface area contributed by atoms with Crippen LogP contribution in [0.25, 0.3) is 0 Å². The summed E-state index contributed by atoms with van der Waals surface area (Å²) in [5.74, 6) is 1.06. The number of Topliss-reactive ketones (excluding diaryl/α,β-unsaturated/α-hetero) is 2. The van der Waals surface area contributed by atoms with Crippen LogP contribution in [0.2, 0.25) is 0 Å². The number of nitrogens with one attached hydrogen (secondary N) is 1. The number of piperidine rings is 1. The molecule has 0 spiro atoms. The number of nitrogens with zero attached hydrogens (tertiary/aromatic N) is 2. The van der Waals surface area contributed by atoms with Crippen LogP contribution in [0.1, 0.15) is 58.7 Å². The minimum atomic E-state index is 0.125. The average Bonchev–Trinajstić information content (AvgIpc) is 3.45. The third-order valence-electron chi connectivity index (χ3n) is 7.72. The van der Waals surface area contributed by atoms with E-state index in [1.54, 1.807) is 0 Å². The second kappa shape index (κ2) is 12.2. The number of aromatic nitrogens is 1. The molecule has 1 aliphatic rings. The molecule has 1 fully saturated rings. The van der Waals surface area contributed by atoms with Crippen molar-refractivity contribution in [1.82, 2.24) is 4.57 Å². The maximum Gasteiger partial charge on any atom is 0.183 e. The fourth-order valence-electron chi connectivity index (χ4n) is 5.21. The number of carbonyl (C=O) groups is 2. The zero-order chi connectivity index (χ0) is 27.2. The molecule has 5 rings (SSSR count). The number of benzene rings is 3. The maximum atomic E-state index is 12.9. The van der Waals surface area contributed by atoms with Gasteiger partial charge in [-0.2, -0.15) is 0 Å². The van der Waals surface area contributed by atoms with Crippen molar-refractivity contribution in [3.05, 3.63) is 114 Å². The molecular formula is C34H37N3O2. The largest absolute Gasteiger partial charge is 0.372 e. The SMILES string of the molecule is CCn1cccc1C(=O)Cc1ccc(Nc2ccc(CC(=O)c3ccc(N4CCC(C)CC4)cc3)cc2)cc1. The summed E-state index contributed by atoms with van der Waals surface area (Å²) in [6.07, 6.45) is 5.16. The molecule has 1 aromatic heterocycles. The van der Waals surface area contributed by atoms with Gasteiger partial charge in [0.1, 0.15) is 0 Å². The van der Waals surface area contributed by atoms with E-state index in [2.05, 4.69) is 29.3 Å². The lowest BCUT2D eigenvalue weighted by atomic mass is 9.98. The zero-order valence-corrected chi connectivity index (χ0v) is 22.9. The van der Waals surface area contributed by atoms with Crippen molar-refractivity contribution in [2.75, 3.05) is 23.3 Å². The molecule has 5 heteroatoms. The van der Waals surface area contributed by atoms with Crippen molar-refractivity contribution in [2.45, 2.75) is 46.1 Å². The summed E-state index contributed by atoms with van der Waals surface area (Å²) in [4.78, 5) is 28.0. The molecule has 0 radical (unpaired) electrons. The Hall–Kier alpha value is -4.12. The molecule has 0 atom stereocenters. The molecule has 1 saturated heterocycles. The lowest BCUT2D eigenvalue weighted by molar-refractivity contribution is 0.0979. The smallest absolute Gasteiger partial charge is 0.183 e. The molecule has 3 aromatic carbocycles. The summed E-state index contributed by atoms with van der Waals surface area (Å²) in [5.41, 5.74) is 6.61. The zero-order valence-electron chi connectivity index (χ0n) is 22.9. The van der Waals surface area contributed by atoms with Gasteiger partial charge in [0.2, 0.25) is 0 Å². The third kappa shape index (κ3) is 6.66. The second-order valence-electron chi connectivity index (χ2n) is 10.6. The van der Waals surface area contributed by atoms with E-state index in [9.17, 15) is 9.59 Å². The van der Waals surface area contributed by atoms with E-state index in [4.69, 9.17) is 0 Å². The van der Waals surface area contributed by atoms with E-state index in [-0.39, 0.29) is 11.6 Å². The standard InChI is InChI=1S/C34H37N3O2/c1-3-36-20-4-5-32(36)34(39)24-27-8-14-30(15-9-27)35-29-12-6-26(7-13-29)23-33(38)28-10-16-31(17-11-28)37-21-18-25(2)19-22-37/h4-17,20,25,35H,3,18-19,21-24H2,1-2H3. The van der Waals surface area contributed by atoms with E-state index in [0.717, 1.165) is 59.3 Å². The lowest BCUT2D eigenvalue weighted by Crippen LogP contribution is -2.32. The summed E-state index contributed by atoms with van der Waals surface area (Å²) in [7, 11) is 0. The van der Waals surface area contributed by atoms with Crippen LogP contribution in [0, 0.1) is 5.92 Å². The maximum absolute atomic E-state index is 12.9. The van der Waals surface area contributed by atoms with Gasteiger partial charge in [0.25, 0.3) is 0 Å². The van der Waals surface area contributed by atoms with Crippen molar-refractivity contribution >= 4 is 28.6 Å². The summed E-state index contributed by atoms with van der Waals surface area (Å²) in [6.45, 7) is 7.32. The number of anilines is 3. The topological polar surface area (TPSA) is 54.3 Å². The summed E-state index contributed by atoms with van der Waals surface area (Å²) >= 11 is 0. The molecule has 0 amide bonds. The van der Waals surface area contributed by atoms with Gasteiger partial charge in [0.05, 0.1) is 5.69 Å². The van der Waals surface area contributed by atoms with E-state index in [0.29, 0.717) is 12.8 Å². The molecule has 2 heterocycles. The molecule has 0 bridgehead atoms. The highest BCUT2D eigenvalue weighted by Gasteiger charge is 2.16. The van der Waals surface area contributed by atoms with Gasteiger partial charge in [0, 0.05) is 61.3 Å². The molecule has 4 aromatic rings. The number of carbonyl (C=O) groups excluding carboxylic acids is 2. The van der Waals surface area contributed by atoms with Crippen LogP contribution in [-0.2, 0) is 19.4 Å². The van der Waals surface area contributed by atoms with E-state index in [1.165, 1.54) is 18.5 Å². The minimum Gasteiger partial charge on any atom is -0.372 e. The Morgan fingerprint density at radius 2 is 1.33 bits per heavy atom. The van der Waals surface area contributed by atoms with Gasteiger partial charge in [-0.1, -0.05) is 31.2 Å². The normalized spacial score (nSPS) is 13.8. The van der Waals surface area contributed by atoms with Crippen LogP contribution in [0.3, 0.4) is 0 Å². The van der Waals surface area contributed by atoms with Crippen LogP contribution in [0.15, 0.2) is 91.1 Å². The average molecular weight is 520 g/mol. The van der Waals surface area contributed by atoms with E-state index < -0.39 is 0 Å². The first-order valence-corrected chi connectivity index (χ1v) is 14.0. The fourth-order valence-corrected chi connectivity index (χ4v) is 5.21. The van der Waals surface area contributed by atoms with Crippen molar-refractivity contribution in [3.8, 4) is 0 Å². The molecule has 39 heavy (non-hydrogen) atoms. The van der Waals surface area contributed by atoms with Crippen molar-refractivity contribution in [2.24, 2.45) is 5.92 Å². The Kier molecular flexibility index (Phi) is 8.26. The number of rotatable bonds is 10. The molecule has 200 valence electrons. The van der Waals surface area contributed by atoms with Crippen LogP contribution in [-0.4, -0.2) is 29.2 Å². The van der Waals surface area contributed by atoms with Crippen LogP contribution < -0.4 is 10.2 Å². The molecule has 0 unspecified atom stereocenters. The van der Waals surface area contributed by atoms with Gasteiger partial charge in [0.15, 0.2) is 11.6 Å². The highest BCUT2D eigenvalue weighted by atomic mass is 16.1. The highest BCUT2D eigenvalue weighted by molar-refractivity contribution is 5.98. The molecular weight excluding hydrogens is 482 g/mol. The first kappa shape index (κ1) is 26.5. The number of hydrogen-bond acceptors (Lipinski definition) is 4. The van der Waals surface area contributed by atoms with Gasteiger partial charge in [-0.3, -0.25) is 9.59 Å². The molecule has 1 N–H and O–H groups in total. The van der Waals surface area contributed by atoms with Gasteiger partial charge in [-0.25, -0.2) is 0 Å². The number of aryl methyl sites for hydroxylation is 1. The van der Waals surface area contributed by atoms with Crippen molar-refractivity contribution in [3.63, 3.8) is 0 Å². The Bertz CT molecular complexity index is 1390. The molecule has 0 aliphatic carbocycles. The Balaban J connectivity index is 1.13. The predicted octanol–water partition coefficient (Wildman–Crippen LogP) is 7.34. The van der Waals surface area contributed by atoms with Gasteiger partial charge in [-0.15, -0.1) is 0 Å². The lowest BCUT2D eigenvalue weighted by Gasteiger charge is -2.32. The van der Waals surface area contributed by atoms with Crippen LogP contribution in [0.4, 0.5) is 17.1 Å². The molecule has 5 nitrogen and oxygen atoms in total. The first-order valence-electron chi connectivity index (χ1n) is 14.0.